The highest BCUT2D eigenvalue weighted by Gasteiger charge is 2.38. The number of anilines is 1. The molecule has 2 heterocycles. The van der Waals surface area contributed by atoms with E-state index in [0.29, 0.717) is 16.7 Å². The maximum atomic E-state index is 13.2. The normalized spacial score (nSPS) is 17.5. The SMILES string of the molecule is O=C(Nc1ccc(F)cc1)[C@H]1Sc2nnc(-c3ccccc3)n2N[C@@H]1c1ccccc1. The zero-order chi connectivity index (χ0) is 21.2. The van der Waals surface area contributed by atoms with Crippen LogP contribution in [0, 0.1) is 5.82 Å². The van der Waals surface area contributed by atoms with Gasteiger partial charge in [-0.2, -0.15) is 0 Å². The highest BCUT2D eigenvalue weighted by Crippen LogP contribution is 2.38. The standard InChI is InChI=1S/C23H18FN5OS/c24-17-11-13-18(14-12-17)25-22(30)20-19(15-7-3-1-4-8-15)28-29-21(26-27-23(29)31-20)16-9-5-2-6-10-16/h1-14,19-20,28H,(H,25,30)/t19-,20+/m1/s1. The van der Waals surface area contributed by atoms with E-state index < -0.39 is 5.25 Å². The van der Waals surface area contributed by atoms with Crippen LogP contribution in [0.2, 0.25) is 0 Å². The zero-order valence-corrected chi connectivity index (χ0v) is 17.1. The molecule has 0 radical (unpaired) electrons. The highest BCUT2D eigenvalue weighted by molar-refractivity contribution is 8.00. The Balaban J connectivity index is 1.50. The third-order valence-electron chi connectivity index (χ3n) is 5.00. The Morgan fingerprint density at radius 2 is 1.61 bits per heavy atom. The molecule has 8 heteroatoms. The molecule has 4 aromatic rings. The molecule has 2 atom stereocenters. The summed E-state index contributed by atoms with van der Waals surface area (Å²) in [7, 11) is 0. The maximum Gasteiger partial charge on any atom is 0.240 e. The molecule has 31 heavy (non-hydrogen) atoms. The van der Waals surface area contributed by atoms with Gasteiger partial charge in [0, 0.05) is 11.3 Å². The van der Waals surface area contributed by atoms with Crippen LogP contribution in [0.4, 0.5) is 10.1 Å². The lowest BCUT2D eigenvalue weighted by molar-refractivity contribution is -0.116. The van der Waals surface area contributed by atoms with Crippen LogP contribution in [-0.2, 0) is 4.79 Å². The number of hydrogen-bond donors (Lipinski definition) is 2. The van der Waals surface area contributed by atoms with E-state index in [4.69, 9.17) is 0 Å². The van der Waals surface area contributed by atoms with E-state index in [-0.39, 0.29) is 17.8 Å². The molecule has 5 rings (SSSR count). The van der Waals surface area contributed by atoms with Crippen molar-refractivity contribution in [1.29, 1.82) is 0 Å². The molecule has 1 aliphatic heterocycles. The minimum atomic E-state index is -0.507. The summed E-state index contributed by atoms with van der Waals surface area (Å²) < 4.78 is 15.1. The maximum absolute atomic E-state index is 13.2. The van der Waals surface area contributed by atoms with Gasteiger partial charge >= 0.3 is 0 Å². The van der Waals surface area contributed by atoms with Crippen LogP contribution in [0.25, 0.3) is 11.4 Å². The number of rotatable bonds is 4. The van der Waals surface area contributed by atoms with Crippen molar-refractivity contribution in [2.24, 2.45) is 0 Å². The number of hydrogen-bond acceptors (Lipinski definition) is 5. The summed E-state index contributed by atoms with van der Waals surface area (Å²) in [4.78, 5) is 13.2. The number of fused-ring (bicyclic) bond motifs is 1. The van der Waals surface area contributed by atoms with Gasteiger partial charge in [0.15, 0.2) is 5.82 Å². The molecule has 1 amide bonds. The molecule has 0 saturated heterocycles. The molecule has 0 spiro atoms. The van der Waals surface area contributed by atoms with Crippen molar-refractivity contribution in [2.75, 3.05) is 10.7 Å². The summed E-state index contributed by atoms with van der Waals surface area (Å²) in [5.74, 6) is 0.130. The van der Waals surface area contributed by atoms with Crippen molar-refractivity contribution in [2.45, 2.75) is 16.4 Å². The molecule has 3 aromatic carbocycles. The van der Waals surface area contributed by atoms with Gasteiger partial charge in [0.05, 0.1) is 6.04 Å². The molecule has 0 fully saturated rings. The second-order valence-electron chi connectivity index (χ2n) is 7.06. The Hall–Kier alpha value is -3.65. The highest BCUT2D eigenvalue weighted by atomic mass is 32.2. The molecular formula is C23H18FN5OS. The van der Waals surface area contributed by atoms with Crippen molar-refractivity contribution in [3.8, 4) is 11.4 Å². The number of thioether (sulfide) groups is 1. The summed E-state index contributed by atoms with van der Waals surface area (Å²) in [5, 5.41) is 11.6. The monoisotopic (exact) mass is 431 g/mol. The molecule has 0 unspecified atom stereocenters. The predicted octanol–water partition coefficient (Wildman–Crippen LogP) is 4.48. The second-order valence-corrected chi connectivity index (χ2v) is 8.17. The summed E-state index contributed by atoms with van der Waals surface area (Å²) in [6.45, 7) is 0. The number of carbonyl (C=O) groups is 1. The number of aromatic nitrogens is 3. The molecular weight excluding hydrogens is 413 g/mol. The first-order chi connectivity index (χ1) is 15.2. The van der Waals surface area contributed by atoms with Gasteiger partial charge in [-0.1, -0.05) is 72.4 Å². The number of nitrogens with one attached hydrogen (secondary N) is 2. The van der Waals surface area contributed by atoms with Gasteiger partial charge in [-0.15, -0.1) is 10.2 Å². The van der Waals surface area contributed by atoms with Crippen molar-refractivity contribution in [3.05, 3.63) is 96.3 Å². The van der Waals surface area contributed by atoms with Crippen molar-refractivity contribution < 1.29 is 9.18 Å². The Kier molecular flexibility index (Phi) is 5.13. The average molecular weight is 431 g/mol. The largest absolute Gasteiger partial charge is 0.325 e. The van der Waals surface area contributed by atoms with Crippen molar-refractivity contribution in [1.82, 2.24) is 14.9 Å². The lowest BCUT2D eigenvalue weighted by atomic mass is 10.0. The molecule has 0 bridgehead atoms. The van der Waals surface area contributed by atoms with Gasteiger partial charge < -0.3 is 10.7 Å². The van der Waals surface area contributed by atoms with Crippen LogP contribution in [0.1, 0.15) is 11.6 Å². The van der Waals surface area contributed by atoms with E-state index in [9.17, 15) is 9.18 Å². The Labute approximate surface area is 182 Å². The summed E-state index contributed by atoms with van der Waals surface area (Å²) in [6.07, 6.45) is 0. The smallest absolute Gasteiger partial charge is 0.240 e. The molecule has 1 aliphatic rings. The fraction of sp³-hybridized carbons (Fsp3) is 0.0870. The number of amides is 1. The van der Waals surface area contributed by atoms with Gasteiger partial charge in [0.2, 0.25) is 11.1 Å². The summed E-state index contributed by atoms with van der Waals surface area (Å²) in [6, 6.07) is 25.0. The van der Waals surface area contributed by atoms with Crippen LogP contribution in [0.15, 0.2) is 90.1 Å². The van der Waals surface area contributed by atoms with Gasteiger partial charge in [0.25, 0.3) is 0 Å². The topological polar surface area (TPSA) is 71.8 Å². The lowest BCUT2D eigenvalue weighted by Gasteiger charge is -2.33. The van der Waals surface area contributed by atoms with E-state index in [1.807, 2.05) is 65.3 Å². The lowest BCUT2D eigenvalue weighted by Crippen LogP contribution is -2.41. The summed E-state index contributed by atoms with van der Waals surface area (Å²) in [5.41, 5.74) is 5.87. The first kappa shape index (κ1) is 19.3. The predicted molar refractivity (Wildman–Crippen MR) is 119 cm³/mol. The number of carbonyl (C=O) groups excluding carboxylic acids is 1. The molecule has 1 aromatic heterocycles. The Bertz CT molecular complexity index is 1200. The fourth-order valence-corrected chi connectivity index (χ4v) is 4.57. The molecule has 0 aliphatic carbocycles. The number of nitrogens with zero attached hydrogens (tertiary/aromatic N) is 3. The van der Waals surface area contributed by atoms with E-state index in [2.05, 4.69) is 20.9 Å². The fourth-order valence-electron chi connectivity index (χ4n) is 3.49. The van der Waals surface area contributed by atoms with E-state index in [1.54, 1.807) is 12.1 Å². The third kappa shape index (κ3) is 3.89. The zero-order valence-electron chi connectivity index (χ0n) is 16.3. The molecule has 6 nitrogen and oxygen atoms in total. The quantitative estimate of drug-likeness (QED) is 0.498. The van der Waals surface area contributed by atoms with Crippen molar-refractivity contribution in [3.63, 3.8) is 0 Å². The summed E-state index contributed by atoms with van der Waals surface area (Å²) >= 11 is 1.35. The van der Waals surface area contributed by atoms with Gasteiger partial charge in [0.1, 0.15) is 11.1 Å². The van der Waals surface area contributed by atoms with E-state index in [1.165, 1.54) is 23.9 Å². The number of benzene rings is 3. The van der Waals surface area contributed by atoms with Crippen LogP contribution < -0.4 is 10.7 Å². The van der Waals surface area contributed by atoms with E-state index >= 15 is 0 Å². The van der Waals surface area contributed by atoms with Crippen LogP contribution >= 0.6 is 11.8 Å². The van der Waals surface area contributed by atoms with Gasteiger partial charge in [-0.25, -0.2) is 9.07 Å². The van der Waals surface area contributed by atoms with Gasteiger partial charge in [-0.3, -0.25) is 4.79 Å². The first-order valence-corrected chi connectivity index (χ1v) is 10.6. The van der Waals surface area contributed by atoms with E-state index in [0.717, 1.165) is 11.1 Å². The minimum absolute atomic E-state index is 0.200. The first-order valence-electron chi connectivity index (χ1n) is 9.74. The molecule has 154 valence electrons. The van der Waals surface area contributed by atoms with Crippen LogP contribution in [0.5, 0.6) is 0 Å². The Morgan fingerprint density at radius 1 is 0.935 bits per heavy atom. The Morgan fingerprint density at radius 3 is 2.32 bits per heavy atom. The second kappa shape index (κ2) is 8.23. The van der Waals surface area contributed by atoms with Gasteiger partial charge in [-0.05, 0) is 29.8 Å². The average Bonchev–Trinajstić information content (AvgIpc) is 3.24. The van der Waals surface area contributed by atoms with Crippen LogP contribution in [0.3, 0.4) is 0 Å². The molecule has 0 saturated carbocycles. The third-order valence-corrected chi connectivity index (χ3v) is 6.21. The molecule has 2 N–H and O–H groups in total. The minimum Gasteiger partial charge on any atom is -0.325 e. The van der Waals surface area contributed by atoms with Crippen LogP contribution in [-0.4, -0.2) is 26.0 Å². The van der Waals surface area contributed by atoms with Crippen molar-refractivity contribution >= 4 is 23.4 Å². The number of halogens is 1.